The maximum atomic E-state index is 5.90. The van der Waals surface area contributed by atoms with Crippen LogP contribution in [0.1, 0.15) is 11.4 Å². The van der Waals surface area contributed by atoms with E-state index in [1.54, 1.807) is 17.1 Å². The molecule has 0 amide bonds. The number of hydrogen-bond acceptors (Lipinski definition) is 6. The number of nitrogens with two attached hydrogens (primary N) is 1. The third-order valence-electron chi connectivity index (χ3n) is 3.72. The minimum Gasteiger partial charge on any atom is -0.368 e. The average Bonchev–Trinajstić information content (AvgIpc) is 3.27. The molecule has 3 heterocycles. The normalized spacial score (nSPS) is 10.9. The van der Waals surface area contributed by atoms with E-state index in [2.05, 4.69) is 36.3 Å². The highest BCUT2D eigenvalue weighted by atomic mass is 15.4. The van der Waals surface area contributed by atoms with E-state index in [0.29, 0.717) is 17.9 Å². The number of H-pyrrole nitrogens is 1. The van der Waals surface area contributed by atoms with Crippen LogP contribution in [-0.4, -0.2) is 34.9 Å². The molecule has 1 aromatic carbocycles. The number of anilines is 1. The van der Waals surface area contributed by atoms with Crippen molar-refractivity contribution in [3.63, 3.8) is 0 Å². The second-order valence-corrected chi connectivity index (χ2v) is 5.70. The Balaban J connectivity index is 1.68. The van der Waals surface area contributed by atoms with E-state index < -0.39 is 0 Å². The van der Waals surface area contributed by atoms with Crippen molar-refractivity contribution in [1.82, 2.24) is 34.9 Å². The van der Waals surface area contributed by atoms with E-state index in [0.717, 1.165) is 22.6 Å². The summed E-state index contributed by atoms with van der Waals surface area (Å²) in [6, 6.07) is 9.94. The molecular weight excluding hydrogens is 316 g/mol. The van der Waals surface area contributed by atoms with Crippen LogP contribution in [0.4, 0.5) is 5.95 Å². The maximum Gasteiger partial charge on any atom is 0.221 e. The van der Waals surface area contributed by atoms with Crippen molar-refractivity contribution in [2.75, 3.05) is 5.73 Å². The Morgan fingerprint density at radius 2 is 2.00 bits per heavy atom. The number of benzene rings is 1. The van der Waals surface area contributed by atoms with Crippen molar-refractivity contribution in [1.29, 1.82) is 0 Å². The Kier molecular flexibility index (Phi) is 3.70. The minimum atomic E-state index is 0.203. The molecule has 4 aromatic rings. The molecule has 0 unspecified atom stereocenters. The van der Waals surface area contributed by atoms with Gasteiger partial charge in [0.15, 0.2) is 0 Å². The average molecular weight is 332 g/mol. The molecule has 0 aliphatic heterocycles. The molecule has 3 aromatic heterocycles. The van der Waals surface area contributed by atoms with Gasteiger partial charge in [-0.2, -0.15) is 0 Å². The molecule has 8 heteroatoms. The van der Waals surface area contributed by atoms with E-state index in [4.69, 9.17) is 5.73 Å². The molecule has 0 aliphatic rings. The second kappa shape index (κ2) is 6.16. The predicted molar refractivity (Wildman–Crippen MR) is 93.3 cm³/mol. The van der Waals surface area contributed by atoms with Gasteiger partial charge in [-0.05, 0) is 19.1 Å². The van der Waals surface area contributed by atoms with Crippen LogP contribution in [0.2, 0.25) is 0 Å². The quantitative estimate of drug-likeness (QED) is 0.592. The second-order valence-electron chi connectivity index (χ2n) is 5.70. The first-order valence-electron chi connectivity index (χ1n) is 7.78. The molecule has 0 saturated carbocycles. The Labute approximate surface area is 143 Å². The number of aryl methyl sites for hydroxylation is 1. The van der Waals surface area contributed by atoms with Gasteiger partial charge in [0.2, 0.25) is 5.95 Å². The summed E-state index contributed by atoms with van der Waals surface area (Å²) in [6.45, 7) is 2.54. The van der Waals surface area contributed by atoms with Gasteiger partial charge in [0.25, 0.3) is 0 Å². The molecule has 0 aliphatic carbocycles. The summed E-state index contributed by atoms with van der Waals surface area (Å²) in [6.07, 6.45) is 5.28. The molecule has 4 rings (SSSR count). The predicted octanol–water partition coefficient (Wildman–Crippen LogP) is 2.06. The lowest BCUT2D eigenvalue weighted by atomic mass is 10.1. The molecule has 0 bridgehead atoms. The first kappa shape index (κ1) is 15.0. The van der Waals surface area contributed by atoms with Crippen molar-refractivity contribution in [2.45, 2.75) is 13.5 Å². The molecule has 0 fully saturated rings. The van der Waals surface area contributed by atoms with Gasteiger partial charge < -0.3 is 10.7 Å². The summed E-state index contributed by atoms with van der Waals surface area (Å²) in [7, 11) is 0. The van der Waals surface area contributed by atoms with Crippen LogP contribution in [-0.2, 0) is 6.54 Å². The standard InChI is InChI=1S/C17H16N8/c1-11-3-2-4-12(7-11)13-8-14(22-17(18)21-13)15-9-25(24-23-15)10-16-19-5-6-20-16/h2-9H,10H2,1H3,(H,19,20)(H2,18,21,22). The zero-order chi connectivity index (χ0) is 17.2. The fourth-order valence-corrected chi connectivity index (χ4v) is 2.58. The number of imidazole rings is 1. The lowest BCUT2D eigenvalue weighted by Gasteiger charge is -2.05. The molecule has 124 valence electrons. The first-order valence-corrected chi connectivity index (χ1v) is 7.78. The van der Waals surface area contributed by atoms with E-state index in [-0.39, 0.29) is 5.95 Å². The van der Waals surface area contributed by atoms with Crippen molar-refractivity contribution in [3.05, 3.63) is 60.3 Å². The fraction of sp³-hybridized carbons (Fsp3) is 0.118. The number of nitrogens with one attached hydrogen (secondary N) is 1. The van der Waals surface area contributed by atoms with Crippen molar-refractivity contribution >= 4 is 5.95 Å². The zero-order valence-corrected chi connectivity index (χ0v) is 13.6. The van der Waals surface area contributed by atoms with E-state index in [1.165, 1.54) is 0 Å². The molecule has 0 spiro atoms. The van der Waals surface area contributed by atoms with Crippen LogP contribution in [0.15, 0.2) is 48.9 Å². The van der Waals surface area contributed by atoms with Gasteiger partial charge in [-0.15, -0.1) is 5.10 Å². The van der Waals surface area contributed by atoms with Crippen molar-refractivity contribution in [2.24, 2.45) is 0 Å². The molecule has 0 radical (unpaired) electrons. The van der Waals surface area contributed by atoms with Gasteiger partial charge in [0.05, 0.1) is 17.6 Å². The zero-order valence-electron chi connectivity index (χ0n) is 13.6. The number of hydrogen-bond donors (Lipinski definition) is 2. The smallest absolute Gasteiger partial charge is 0.221 e. The van der Waals surface area contributed by atoms with Crippen molar-refractivity contribution in [3.8, 4) is 22.6 Å². The Hall–Kier alpha value is -3.55. The molecule has 0 saturated heterocycles. The van der Waals surface area contributed by atoms with Crippen molar-refractivity contribution < 1.29 is 0 Å². The number of nitrogen functional groups attached to an aromatic ring is 1. The highest BCUT2D eigenvalue weighted by Crippen LogP contribution is 2.23. The Morgan fingerprint density at radius 3 is 2.80 bits per heavy atom. The Morgan fingerprint density at radius 1 is 1.12 bits per heavy atom. The number of aromatic amines is 1. The van der Waals surface area contributed by atoms with Crippen LogP contribution in [0, 0.1) is 6.92 Å². The number of nitrogens with zero attached hydrogens (tertiary/aromatic N) is 6. The lowest BCUT2D eigenvalue weighted by Crippen LogP contribution is -2.01. The minimum absolute atomic E-state index is 0.203. The molecule has 0 atom stereocenters. The molecule has 8 nitrogen and oxygen atoms in total. The van der Waals surface area contributed by atoms with Gasteiger partial charge in [-0.1, -0.05) is 29.0 Å². The number of rotatable bonds is 4. The van der Waals surface area contributed by atoms with E-state index in [9.17, 15) is 0 Å². The SMILES string of the molecule is Cc1cccc(-c2cc(-c3cn(Cc4ncc[nH]4)nn3)nc(N)n2)c1. The van der Waals surface area contributed by atoms with E-state index in [1.807, 2.05) is 37.4 Å². The number of aromatic nitrogens is 7. The summed E-state index contributed by atoms with van der Waals surface area (Å²) in [5.74, 6) is 1.01. The van der Waals surface area contributed by atoms with Crippen LogP contribution in [0.5, 0.6) is 0 Å². The summed E-state index contributed by atoms with van der Waals surface area (Å²) in [5.41, 5.74) is 10.1. The molecular formula is C17H16N8. The lowest BCUT2D eigenvalue weighted by molar-refractivity contribution is 0.629. The van der Waals surface area contributed by atoms with Gasteiger partial charge in [0.1, 0.15) is 18.1 Å². The fourth-order valence-electron chi connectivity index (χ4n) is 2.58. The Bertz CT molecular complexity index is 1000. The molecule has 3 N–H and O–H groups in total. The third-order valence-corrected chi connectivity index (χ3v) is 3.72. The largest absolute Gasteiger partial charge is 0.368 e. The summed E-state index contributed by atoms with van der Waals surface area (Å²) < 4.78 is 1.69. The maximum absolute atomic E-state index is 5.90. The monoisotopic (exact) mass is 332 g/mol. The van der Waals surface area contributed by atoms with Crippen LogP contribution >= 0.6 is 0 Å². The summed E-state index contributed by atoms with van der Waals surface area (Å²) in [4.78, 5) is 15.8. The van der Waals surface area contributed by atoms with Crippen LogP contribution < -0.4 is 5.73 Å². The van der Waals surface area contributed by atoms with Crippen LogP contribution in [0.25, 0.3) is 22.6 Å². The van der Waals surface area contributed by atoms with Gasteiger partial charge in [-0.3, -0.25) is 0 Å². The highest BCUT2D eigenvalue weighted by Gasteiger charge is 2.11. The van der Waals surface area contributed by atoms with E-state index >= 15 is 0 Å². The first-order chi connectivity index (χ1) is 12.2. The van der Waals surface area contributed by atoms with Crippen LogP contribution in [0.3, 0.4) is 0 Å². The summed E-state index contributed by atoms with van der Waals surface area (Å²) in [5, 5.41) is 8.30. The van der Waals surface area contributed by atoms with Gasteiger partial charge in [-0.25, -0.2) is 19.6 Å². The van der Waals surface area contributed by atoms with Gasteiger partial charge >= 0.3 is 0 Å². The highest BCUT2D eigenvalue weighted by molar-refractivity contribution is 5.67. The third kappa shape index (κ3) is 3.23. The molecule has 25 heavy (non-hydrogen) atoms. The summed E-state index contributed by atoms with van der Waals surface area (Å²) >= 11 is 0. The van der Waals surface area contributed by atoms with Gasteiger partial charge in [0, 0.05) is 18.0 Å². The topological polar surface area (TPSA) is 111 Å².